The Bertz CT molecular complexity index is 1100. The first-order valence-electron chi connectivity index (χ1n) is 12.0. The van der Waals surface area contributed by atoms with Crippen LogP contribution in [0.3, 0.4) is 0 Å². The van der Waals surface area contributed by atoms with E-state index >= 15 is 0 Å². The topological polar surface area (TPSA) is 127 Å². The molecule has 2 fully saturated rings. The predicted molar refractivity (Wildman–Crippen MR) is 126 cm³/mol. The number of aliphatic hydroxyl groups excluding tert-OH is 1. The minimum atomic E-state index is -0.567. The van der Waals surface area contributed by atoms with Crippen LogP contribution in [-0.4, -0.2) is 76.2 Å². The Morgan fingerprint density at radius 2 is 2.17 bits per heavy atom. The van der Waals surface area contributed by atoms with E-state index in [1.165, 1.54) is 11.1 Å². The molecule has 2 unspecified atom stereocenters. The second kappa shape index (κ2) is 9.21. The van der Waals surface area contributed by atoms with Gasteiger partial charge in [0.15, 0.2) is 11.3 Å². The molecule has 1 aromatic rings. The lowest BCUT2D eigenvalue weighted by molar-refractivity contribution is -0.142. The molecule has 35 heavy (non-hydrogen) atoms. The molecule has 4 heterocycles. The van der Waals surface area contributed by atoms with Gasteiger partial charge in [-0.25, -0.2) is 10.4 Å². The summed E-state index contributed by atoms with van der Waals surface area (Å²) in [6, 6.07) is 1.79. The Morgan fingerprint density at radius 3 is 2.91 bits per heavy atom. The van der Waals surface area contributed by atoms with Gasteiger partial charge < -0.3 is 25.0 Å². The molecule has 1 saturated heterocycles. The zero-order valence-corrected chi connectivity index (χ0v) is 19.8. The number of fused-ring (bicyclic) bond motifs is 2. The molecule has 3 N–H and O–H groups in total. The van der Waals surface area contributed by atoms with Gasteiger partial charge in [0, 0.05) is 31.2 Å². The van der Waals surface area contributed by atoms with Gasteiger partial charge in [0.1, 0.15) is 12.8 Å². The Labute approximate surface area is 203 Å². The molecule has 0 spiro atoms. The van der Waals surface area contributed by atoms with Crippen LogP contribution in [-0.2, 0) is 14.4 Å². The van der Waals surface area contributed by atoms with E-state index < -0.39 is 18.0 Å². The highest BCUT2D eigenvalue weighted by molar-refractivity contribution is 6.19. The monoisotopic (exact) mass is 482 g/mol. The van der Waals surface area contributed by atoms with Crippen LogP contribution in [0.4, 0.5) is 5.69 Å². The van der Waals surface area contributed by atoms with Gasteiger partial charge in [0.25, 0.3) is 17.7 Å². The van der Waals surface area contributed by atoms with Gasteiger partial charge in [-0.1, -0.05) is 19.9 Å². The quantitative estimate of drug-likeness (QED) is 0.399. The highest BCUT2D eigenvalue weighted by Gasteiger charge is 2.49. The van der Waals surface area contributed by atoms with Gasteiger partial charge in [0.05, 0.1) is 18.4 Å². The van der Waals surface area contributed by atoms with Crippen LogP contribution >= 0.6 is 0 Å². The number of ether oxygens (including phenoxy) is 1. The average molecular weight is 483 g/mol. The van der Waals surface area contributed by atoms with Crippen LogP contribution < -0.4 is 20.4 Å². The Morgan fingerprint density at radius 1 is 1.37 bits per heavy atom. The van der Waals surface area contributed by atoms with E-state index in [1.54, 1.807) is 34.3 Å². The van der Waals surface area contributed by atoms with Gasteiger partial charge in [-0.2, -0.15) is 0 Å². The van der Waals surface area contributed by atoms with Crippen LogP contribution in [0.15, 0.2) is 42.1 Å². The molecule has 0 aromatic carbocycles. The number of anilines is 1. The lowest BCUT2D eigenvalue weighted by atomic mass is 10.0. The van der Waals surface area contributed by atoms with E-state index in [9.17, 15) is 19.5 Å². The number of hydrogen-bond donors (Lipinski definition) is 3. The van der Waals surface area contributed by atoms with Crippen molar-refractivity contribution in [1.82, 2.24) is 25.6 Å². The molecule has 5 rings (SSSR count). The zero-order valence-electron chi connectivity index (χ0n) is 19.8. The minimum absolute atomic E-state index is 0.0567. The summed E-state index contributed by atoms with van der Waals surface area (Å²) in [5.74, 6) is -1.21. The van der Waals surface area contributed by atoms with Crippen LogP contribution in [0, 0.1) is 11.8 Å². The maximum absolute atomic E-state index is 13.2. The van der Waals surface area contributed by atoms with E-state index in [0.717, 1.165) is 12.8 Å². The summed E-state index contributed by atoms with van der Waals surface area (Å²) in [6.45, 7) is 5.60. The summed E-state index contributed by atoms with van der Waals surface area (Å²) < 4.78 is 5.58. The van der Waals surface area contributed by atoms with E-state index in [0.29, 0.717) is 37.7 Å². The number of aliphatic hydroxyl groups is 1. The molecule has 1 aliphatic carbocycles. The lowest BCUT2D eigenvalue weighted by Crippen LogP contribution is -2.59. The predicted octanol–water partition coefficient (Wildman–Crippen LogP) is 0.672. The first-order valence-corrected chi connectivity index (χ1v) is 12.0. The number of carbonyl (C=O) groups excluding carboxylic acids is 3. The van der Waals surface area contributed by atoms with Crippen LogP contribution in [0.25, 0.3) is 0 Å². The minimum Gasteiger partial charge on any atom is -0.494 e. The molecule has 11 nitrogen and oxygen atoms in total. The van der Waals surface area contributed by atoms with Crippen molar-refractivity contribution in [3.8, 4) is 5.75 Å². The molecule has 1 aromatic heterocycles. The summed E-state index contributed by atoms with van der Waals surface area (Å²) in [4.78, 5) is 46.4. The third-order valence-corrected chi connectivity index (χ3v) is 6.47. The third-order valence-electron chi connectivity index (χ3n) is 6.47. The van der Waals surface area contributed by atoms with Crippen molar-refractivity contribution in [3.63, 3.8) is 0 Å². The van der Waals surface area contributed by atoms with Crippen LogP contribution in [0.2, 0.25) is 0 Å². The molecule has 0 radical (unpaired) electrons. The normalized spacial score (nSPS) is 24.1. The first kappa shape index (κ1) is 23.2. The number of nitrogens with zero attached hydrogens (tertiary/aromatic N) is 4. The van der Waals surface area contributed by atoms with Crippen molar-refractivity contribution in [2.45, 2.75) is 38.9 Å². The fraction of sp³-hybridized carbons (Fsp3) is 0.500. The molecular formula is C24H30N6O5. The van der Waals surface area contributed by atoms with Gasteiger partial charge in [-0.15, -0.1) is 0 Å². The van der Waals surface area contributed by atoms with Crippen molar-refractivity contribution >= 4 is 23.4 Å². The lowest BCUT2D eigenvalue weighted by Gasteiger charge is -2.42. The van der Waals surface area contributed by atoms with E-state index in [1.807, 2.05) is 13.8 Å². The average Bonchev–Trinajstić information content (AvgIpc) is 3.55. The van der Waals surface area contributed by atoms with Gasteiger partial charge in [-0.05, 0) is 30.9 Å². The summed E-state index contributed by atoms with van der Waals surface area (Å²) in [5.41, 5.74) is 3.48. The number of carbonyl (C=O) groups is 3. The molecular weight excluding hydrogens is 452 g/mol. The molecule has 1 saturated carbocycles. The smallest absolute Gasteiger partial charge is 0.280 e. The number of rotatable bonds is 6. The Kier molecular flexibility index (Phi) is 6.10. The van der Waals surface area contributed by atoms with Crippen molar-refractivity contribution in [2.75, 3.05) is 31.1 Å². The van der Waals surface area contributed by atoms with Gasteiger partial charge in [-0.3, -0.25) is 19.4 Å². The first-order chi connectivity index (χ1) is 16.8. The SMILES string of the molecule is CC(C)CN1C(O)=C(C(=O)NC2CC2)C(=O)N2NCC(/C=C/C(=O)N3CCOc4cnccc43)C12. The molecule has 3 aliphatic heterocycles. The number of amides is 3. The molecule has 0 bridgehead atoms. The number of hydrogen-bond acceptors (Lipinski definition) is 8. The summed E-state index contributed by atoms with van der Waals surface area (Å²) in [7, 11) is 0. The molecule has 4 aliphatic rings. The summed E-state index contributed by atoms with van der Waals surface area (Å²) in [5, 5.41) is 15.3. The van der Waals surface area contributed by atoms with E-state index in [2.05, 4.69) is 15.7 Å². The zero-order chi connectivity index (χ0) is 24.7. The van der Waals surface area contributed by atoms with E-state index in [4.69, 9.17) is 4.74 Å². The molecule has 3 amide bonds. The Hall–Kier alpha value is -3.60. The van der Waals surface area contributed by atoms with E-state index in [-0.39, 0.29) is 35.2 Å². The van der Waals surface area contributed by atoms with Crippen molar-refractivity contribution < 1.29 is 24.2 Å². The standard InChI is InChI=1S/C24H30N6O5/c1-14(2)13-29-22-15(3-6-19(31)28-9-10-35-18-12-25-8-7-17(18)28)11-26-30(22)24(34)20(23(29)33)21(32)27-16-4-5-16/h3,6-8,12,14-16,22,26,33H,4-5,9-11,13H2,1-2H3,(H,27,32)/b6-3+. The largest absolute Gasteiger partial charge is 0.494 e. The van der Waals surface area contributed by atoms with Crippen molar-refractivity contribution in [3.05, 3.63) is 42.1 Å². The maximum atomic E-state index is 13.2. The van der Waals surface area contributed by atoms with Gasteiger partial charge in [0.2, 0.25) is 5.88 Å². The summed E-state index contributed by atoms with van der Waals surface area (Å²) >= 11 is 0. The maximum Gasteiger partial charge on any atom is 0.280 e. The second-order valence-corrected chi connectivity index (χ2v) is 9.65. The molecule has 186 valence electrons. The van der Waals surface area contributed by atoms with Gasteiger partial charge >= 0.3 is 0 Å². The molecule has 2 atom stereocenters. The highest BCUT2D eigenvalue weighted by Crippen LogP contribution is 2.34. The Balaban J connectivity index is 1.39. The number of nitrogens with one attached hydrogen (secondary N) is 2. The van der Waals surface area contributed by atoms with Crippen molar-refractivity contribution in [1.29, 1.82) is 0 Å². The highest BCUT2D eigenvalue weighted by atomic mass is 16.5. The fourth-order valence-electron chi connectivity index (χ4n) is 4.68. The van der Waals surface area contributed by atoms with Crippen LogP contribution in [0.1, 0.15) is 26.7 Å². The number of pyridine rings is 1. The fourth-order valence-corrected chi connectivity index (χ4v) is 4.68. The third kappa shape index (κ3) is 4.43. The number of aromatic nitrogens is 1. The van der Waals surface area contributed by atoms with Crippen LogP contribution in [0.5, 0.6) is 5.75 Å². The number of hydrazine groups is 1. The van der Waals surface area contributed by atoms with Crippen molar-refractivity contribution in [2.24, 2.45) is 11.8 Å². The summed E-state index contributed by atoms with van der Waals surface area (Å²) in [6.07, 6.45) is 7.64. The second-order valence-electron chi connectivity index (χ2n) is 9.65. The molecule has 11 heteroatoms.